The third-order valence-corrected chi connectivity index (χ3v) is 5.03. The number of hydrogen-bond acceptors (Lipinski definition) is 3. The molecule has 6 heteroatoms. The molecule has 29 heavy (non-hydrogen) atoms. The van der Waals surface area contributed by atoms with Gasteiger partial charge in [0.15, 0.2) is 0 Å². The zero-order valence-electron chi connectivity index (χ0n) is 15.7. The SMILES string of the molecule is C=c1[nH]c2c(ccc3[nH]c(=O)c(=Cc4[nH]ccc4OC)c32)nc1-c1ccccc1. The molecule has 0 unspecified atom stereocenters. The van der Waals surface area contributed by atoms with Gasteiger partial charge in [-0.15, -0.1) is 0 Å². The maximum Gasteiger partial charge on any atom is 0.256 e. The first kappa shape index (κ1) is 17.1. The monoisotopic (exact) mass is 382 g/mol. The second-order valence-electron chi connectivity index (χ2n) is 6.78. The van der Waals surface area contributed by atoms with Crippen LogP contribution in [0.2, 0.25) is 0 Å². The van der Waals surface area contributed by atoms with E-state index in [2.05, 4.69) is 21.5 Å². The molecule has 0 bridgehead atoms. The molecular formula is C23H18N4O2. The van der Waals surface area contributed by atoms with E-state index in [4.69, 9.17) is 9.72 Å². The van der Waals surface area contributed by atoms with Crippen LogP contribution in [0, 0.1) is 0 Å². The Kier molecular flexibility index (Phi) is 3.84. The molecule has 142 valence electrons. The number of aromatic nitrogens is 4. The Bertz CT molecular complexity index is 1520. The molecule has 5 aromatic rings. The molecule has 0 aliphatic carbocycles. The highest BCUT2D eigenvalue weighted by Gasteiger charge is 2.12. The number of rotatable bonds is 3. The first-order valence-corrected chi connectivity index (χ1v) is 9.18. The van der Waals surface area contributed by atoms with E-state index < -0.39 is 0 Å². The van der Waals surface area contributed by atoms with Crippen LogP contribution in [0.5, 0.6) is 5.75 Å². The van der Waals surface area contributed by atoms with Crippen LogP contribution in [0.1, 0.15) is 5.69 Å². The summed E-state index contributed by atoms with van der Waals surface area (Å²) in [7, 11) is 1.60. The summed E-state index contributed by atoms with van der Waals surface area (Å²) >= 11 is 0. The van der Waals surface area contributed by atoms with Gasteiger partial charge in [-0.3, -0.25) is 4.79 Å². The second-order valence-corrected chi connectivity index (χ2v) is 6.78. The molecule has 0 saturated heterocycles. The summed E-state index contributed by atoms with van der Waals surface area (Å²) in [6.07, 6.45) is 3.57. The number of benzene rings is 2. The van der Waals surface area contributed by atoms with Crippen LogP contribution in [0.4, 0.5) is 0 Å². The predicted molar refractivity (Wildman–Crippen MR) is 115 cm³/mol. The minimum absolute atomic E-state index is 0.171. The first-order chi connectivity index (χ1) is 14.2. The quantitative estimate of drug-likeness (QED) is 0.448. The van der Waals surface area contributed by atoms with Gasteiger partial charge in [0.2, 0.25) is 0 Å². The van der Waals surface area contributed by atoms with Gasteiger partial charge in [-0.1, -0.05) is 36.9 Å². The van der Waals surface area contributed by atoms with Crippen molar-refractivity contribution in [2.75, 3.05) is 7.11 Å². The van der Waals surface area contributed by atoms with Crippen LogP contribution in [0.3, 0.4) is 0 Å². The maximum atomic E-state index is 12.7. The van der Waals surface area contributed by atoms with Gasteiger partial charge in [0.1, 0.15) is 5.75 Å². The Hall–Kier alpha value is -4.06. The van der Waals surface area contributed by atoms with Gasteiger partial charge >= 0.3 is 0 Å². The van der Waals surface area contributed by atoms with Gasteiger partial charge in [0.05, 0.1) is 45.6 Å². The van der Waals surface area contributed by atoms with Crippen LogP contribution in [-0.2, 0) is 0 Å². The highest BCUT2D eigenvalue weighted by Crippen LogP contribution is 2.21. The summed E-state index contributed by atoms with van der Waals surface area (Å²) in [5.41, 5.74) is 4.59. The third kappa shape index (κ3) is 2.73. The average molecular weight is 382 g/mol. The van der Waals surface area contributed by atoms with E-state index in [1.807, 2.05) is 48.5 Å². The van der Waals surface area contributed by atoms with Crippen molar-refractivity contribution in [3.63, 3.8) is 0 Å². The van der Waals surface area contributed by atoms with Gasteiger partial charge in [-0.25, -0.2) is 4.98 Å². The molecule has 0 aliphatic rings. The normalized spacial score (nSPS) is 12.1. The zero-order chi connectivity index (χ0) is 20.0. The van der Waals surface area contributed by atoms with Gasteiger partial charge in [-0.2, -0.15) is 0 Å². The minimum Gasteiger partial charge on any atom is -0.495 e. The number of methoxy groups -OCH3 is 1. The first-order valence-electron chi connectivity index (χ1n) is 9.18. The molecule has 0 spiro atoms. The van der Waals surface area contributed by atoms with E-state index in [0.29, 0.717) is 16.3 Å². The molecule has 0 atom stereocenters. The number of fused-ring (bicyclic) bond motifs is 3. The highest BCUT2D eigenvalue weighted by atomic mass is 16.5. The summed E-state index contributed by atoms with van der Waals surface area (Å²) in [4.78, 5) is 26.9. The average Bonchev–Trinajstić information content (AvgIpc) is 3.32. The van der Waals surface area contributed by atoms with Gasteiger partial charge in [-0.05, 0) is 24.3 Å². The van der Waals surface area contributed by atoms with Crippen LogP contribution in [-0.4, -0.2) is 27.0 Å². The van der Waals surface area contributed by atoms with E-state index in [1.54, 1.807) is 19.4 Å². The molecule has 0 amide bonds. The van der Waals surface area contributed by atoms with Crippen molar-refractivity contribution >= 4 is 34.6 Å². The molecule has 0 saturated carbocycles. The summed E-state index contributed by atoms with van der Waals surface area (Å²) in [5.74, 6) is 0.672. The Labute approximate surface area is 165 Å². The lowest BCUT2D eigenvalue weighted by molar-refractivity contribution is 0.414. The van der Waals surface area contributed by atoms with Crippen molar-refractivity contribution in [3.8, 4) is 17.0 Å². The molecule has 3 heterocycles. The van der Waals surface area contributed by atoms with Crippen molar-refractivity contribution in [1.29, 1.82) is 0 Å². The second kappa shape index (κ2) is 6.53. The molecule has 5 rings (SSSR count). The molecule has 3 aromatic heterocycles. The van der Waals surface area contributed by atoms with Crippen LogP contribution in [0.15, 0.2) is 59.5 Å². The Balaban J connectivity index is 1.85. The largest absolute Gasteiger partial charge is 0.495 e. The lowest BCUT2D eigenvalue weighted by Gasteiger charge is -2.06. The Morgan fingerprint density at radius 3 is 2.69 bits per heavy atom. The van der Waals surface area contributed by atoms with Crippen molar-refractivity contribution in [2.24, 2.45) is 0 Å². The lowest BCUT2D eigenvalue weighted by atomic mass is 10.1. The molecular weight excluding hydrogens is 364 g/mol. The van der Waals surface area contributed by atoms with Crippen LogP contribution >= 0.6 is 0 Å². The topological polar surface area (TPSA) is 86.6 Å². The third-order valence-electron chi connectivity index (χ3n) is 5.03. The van der Waals surface area contributed by atoms with Crippen molar-refractivity contribution in [1.82, 2.24) is 19.9 Å². The fraction of sp³-hybridized carbons (Fsp3) is 0.0435. The number of H-pyrrole nitrogens is 3. The number of aromatic amines is 3. The summed E-state index contributed by atoms with van der Waals surface area (Å²) in [6, 6.07) is 15.5. The fourth-order valence-corrected chi connectivity index (χ4v) is 3.67. The molecule has 3 N–H and O–H groups in total. The molecule has 0 fully saturated rings. The smallest absolute Gasteiger partial charge is 0.256 e. The standard InChI is InChI=1S/C23H18N4O2/c1-13-21(14-6-4-3-5-7-14)26-17-9-8-16-20(22(17)25-13)15(23(28)27-16)12-18-19(29-2)10-11-24-18/h3-12,24-25H,1H2,2H3,(H,27,28). The van der Waals surface area contributed by atoms with Crippen molar-refractivity contribution in [3.05, 3.63) is 81.3 Å². The molecule has 0 aliphatic heterocycles. The zero-order valence-corrected chi connectivity index (χ0v) is 15.7. The van der Waals surface area contributed by atoms with Crippen LogP contribution in [0.25, 0.3) is 45.8 Å². The van der Waals surface area contributed by atoms with E-state index in [0.717, 1.165) is 38.9 Å². The molecule has 0 radical (unpaired) electrons. The summed E-state index contributed by atoms with van der Waals surface area (Å²) in [5, 5.41) is 2.01. The van der Waals surface area contributed by atoms with Gasteiger partial charge in [0, 0.05) is 17.1 Å². The number of nitrogens with one attached hydrogen (secondary N) is 3. The van der Waals surface area contributed by atoms with E-state index in [1.165, 1.54) is 0 Å². The Morgan fingerprint density at radius 1 is 1.07 bits per heavy atom. The highest BCUT2D eigenvalue weighted by molar-refractivity contribution is 6.03. The molecule has 6 nitrogen and oxygen atoms in total. The van der Waals surface area contributed by atoms with Crippen LogP contribution < -0.4 is 20.9 Å². The summed E-state index contributed by atoms with van der Waals surface area (Å²) < 4.78 is 5.35. The van der Waals surface area contributed by atoms with Crippen molar-refractivity contribution in [2.45, 2.75) is 0 Å². The molecule has 2 aromatic carbocycles. The van der Waals surface area contributed by atoms with Gasteiger partial charge < -0.3 is 19.7 Å². The summed E-state index contributed by atoms with van der Waals surface area (Å²) in [6.45, 7) is 4.15. The van der Waals surface area contributed by atoms with E-state index in [9.17, 15) is 4.79 Å². The minimum atomic E-state index is -0.171. The number of hydrogen-bond donors (Lipinski definition) is 3. The number of ether oxygens (including phenoxy) is 1. The predicted octanol–water partition coefficient (Wildman–Crippen LogP) is 2.65. The number of nitrogens with zero attached hydrogens (tertiary/aromatic N) is 1. The van der Waals surface area contributed by atoms with Gasteiger partial charge in [0.25, 0.3) is 5.56 Å². The van der Waals surface area contributed by atoms with Crippen molar-refractivity contribution < 1.29 is 4.74 Å². The van der Waals surface area contributed by atoms with E-state index >= 15 is 0 Å². The maximum absolute atomic E-state index is 12.7. The Morgan fingerprint density at radius 2 is 1.90 bits per heavy atom. The fourth-order valence-electron chi connectivity index (χ4n) is 3.67. The lowest BCUT2D eigenvalue weighted by Crippen LogP contribution is -2.22. The van der Waals surface area contributed by atoms with E-state index in [-0.39, 0.29) is 5.56 Å².